The molecule has 18 heavy (non-hydrogen) atoms. The fourth-order valence-corrected chi connectivity index (χ4v) is 2.21. The summed E-state index contributed by atoms with van der Waals surface area (Å²) in [7, 11) is 0. The molecule has 1 aromatic carbocycles. The highest BCUT2D eigenvalue weighted by Gasteiger charge is 2.07. The molecule has 90 valence electrons. The van der Waals surface area contributed by atoms with Crippen molar-refractivity contribution in [1.82, 2.24) is 19.7 Å². The SMILES string of the molecule is CSc1nccc(-n2ncc3ccc(C)cc32)n1. The number of nitrogens with zero attached hydrogens (tertiary/aromatic N) is 4. The molecule has 0 unspecified atom stereocenters. The Morgan fingerprint density at radius 3 is 2.94 bits per heavy atom. The first-order valence-electron chi connectivity index (χ1n) is 5.60. The zero-order valence-corrected chi connectivity index (χ0v) is 11.0. The maximum Gasteiger partial charge on any atom is 0.189 e. The highest BCUT2D eigenvalue weighted by atomic mass is 32.2. The number of hydrogen-bond donors (Lipinski definition) is 0. The van der Waals surface area contributed by atoms with Crippen LogP contribution in [0.25, 0.3) is 16.7 Å². The molecule has 0 N–H and O–H groups in total. The van der Waals surface area contributed by atoms with E-state index in [-0.39, 0.29) is 0 Å². The maximum atomic E-state index is 4.47. The van der Waals surface area contributed by atoms with Gasteiger partial charge in [-0.2, -0.15) is 5.10 Å². The zero-order valence-electron chi connectivity index (χ0n) is 10.2. The quantitative estimate of drug-likeness (QED) is 0.522. The molecule has 3 aromatic rings. The van der Waals surface area contributed by atoms with E-state index in [4.69, 9.17) is 0 Å². The lowest BCUT2D eigenvalue weighted by Gasteiger charge is -2.04. The maximum absolute atomic E-state index is 4.47. The number of thioether (sulfide) groups is 1. The Labute approximate surface area is 109 Å². The molecule has 0 atom stereocenters. The molecule has 3 rings (SSSR count). The third-order valence-corrected chi connectivity index (χ3v) is 3.31. The van der Waals surface area contributed by atoms with Crippen LogP contribution in [-0.4, -0.2) is 26.0 Å². The smallest absolute Gasteiger partial charge is 0.189 e. The van der Waals surface area contributed by atoms with Crippen LogP contribution in [0.1, 0.15) is 5.56 Å². The third-order valence-electron chi connectivity index (χ3n) is 2.74. The zero-order chi connectivity index (χ0) is 12.5. The summed E-state index contributed by atoms with van der Waals surface area (Å²) in [6.07, 6.45) is 5.58. The van der Waals surface area contributed by atoms with E-state index >= 15 is 0 Å². The molecule has 0 radical (unpaired) electrons. The fraction of sp³-hybridized carbons (Fsp3) is 0.154. The van der Waals surface area contributed by atoms with Crippen LogP contribution in [0.5, 0.6) is 0 Å². The molecule has 0 aliphatic carbocycles. The van der Waals surface area contributed by atoms with E-state index in [9.17, 15) is 0 Å². The Balaban J connectivity index is 2.21. The first-order chi connectivity index (χ1) is 8.78. The van der Waals surface area contributed by atoms with Gasteiger partial charge in [0.15, 0.2) is 11.0 Å². The van der Waals surface area contributed by atoms with Gasteiger partial charge in [-0.15, -0.1) is 0 Å². The van der Waals surface area contributed by atoms with Crippen LogP contribution < -0.4 is 0 Å². The van der Waals surface area contributed by atoms with Crippen molar-refractivity contribution in [1.29, 1.82) is 0 Å². The Morgan fingerprint density at radius 1 is 1.22 bits per heavy atom. The summed E-state index contributed by atoms with van der Waals surface area (Å²) in [4.78, 5) is 8.64. The van der Waals surface area contributed by atoms with E-state index in [2.05, 4.69) is 40.2 Å². The average Bonchev–Trinajstić information content (AvgIpc) is 2.81. The lowest BCUT2D eigenvalue weighted by atomic mass is 10.2. The molecule has 0 saturated heterocycles. The second-order valence-electron chi connectivity index (χ2n) is 4.02. The van der Waals surface area contributed by atoms with Crippen LogP contribution in [0, 0.1) is 6.92 Å². The van der Waals surface area contributed by atoms with Crippen molar-refractivity contribution in [3.63, 3.8) is 0 Å². The van der Waals surface area contributed by atoms with Crippen LogP contribution >= 0.6 is 11.8 Å². The van der Waals surface area contributed by atoms with Gasteiger partial charge in [-0.3, -0.25) is 0 Å². The molecule has 0 saturated carbocycles. The first kappa shape index (κ1) is 11.2. The molecule has 0 bridgehead atoms. The van der Waals surface area contributed by atoms with Gasteiger partial charge in [0.1, 0.15) is 0 Å². The molecular formula is C13H12N4S. The minimum Gasteiger partial charge on any atom is -0.231 e. The lowest BCUT2D eigenvalue weighted by molar-refractivity contribution is 0.827. The Morgan fingerprint density at radius 2 is 2.11 bits per heavy atom. The van der Waals surface area contributed by atoms with Crippen molar-refractivity contribution in [3.05, 3.63) is 42.2 Å². The standard InChI is InChI=1S/C13H12N4S/c1-9-3-4-10-8-15-17(11(10)7-9)12-5-6-14-13(16-12)18-2/h3-8H,1-2H3. The number of benzene rings is 1. The monoisotopic (exact) mass is 256 g/mol. The van der Waals surface area contributed by atoms with E-state index < -0.39 is 0 Å². The summed E-state index contributed by atoms with van der Waals surface area (Å²) in [5, 5.41) is 6.27. The number of hydrogen-bond acceptors (Lipinski definition) is 4. The Kier molecular flexibility index (Phi) is 2.76. The Bertz CT molecular complexity index is 705. The van der Waals surface area contributed by atoms with Crippen molar-refractivity contribution in [2.45, 2.75) is 12.1 Å². The third kappa shape index (κ3) is 1.86. The predicted molar refractivity (Wildman–Crippen MR) is 73.2 cm³/mol. The summed E-state index contributed by atoms with van der Waals surface area (Å²) in [5.41, 5.74) is 2.28. The minimum absolute atomic E-state index is 0.754. The lowest BCUT2D eigenvalue weighted by Crippen LogP contribution is -2.00. The summed E-state index contributed by atoms with van der Waals surface area (Å²) >= 11 is 1.53. The molecule has 4 nitrogen and oxygen atoms in total. The van der Waals surface area contributed by atoms with Crippen LogP contribution in [0.15, 0.2) is 41.8 Å². The molecule has 2 heterocycles. The summed E-state index contributed by atoms with van der Waals surface area (Å²) in [6, 6.07) is 8.14. The largest absolute Gasteiger partial charge is 0.231 e. The van der Waals surface area contributed by atoms with Gasteiger partial charge in [0.25, 0.3) is 0 Å². The van der Waals surface area contributed by atoms with Crippen molar-refractivity contribution >= 4 is 22.7 Å². The second kappa shape index (κ2) is 4.42. The first-order valence-corrected chi connectivity index (χ1v) is 6.82. The van der Waals surface area contributed by atoms with E-state index in [1.807, 2.05) is 23.2 Å². The molecule has 0 aliphatic heterocycles. The average molecular weight is 256 g/mol. The van der Waals surface area contributed by atoms with E-state index in [0.29, 0.717) is 0 Å². The summed E-state index contributed by atoms with van der Waals surface area (Å²) in [5.74, 6) is 0.801. The fourth-order valence-electron chi connectivity index (χ4n) is 1.86. The molecule has 0 fully saturated rings. The molecule has 0 aliphatic rings. The van der Waals surface area contributed by atoms with Gasteiger partial charge in [-0.05, 0) is 24.8 Å². The second-order valence-corrected chi connectivity index (χ2v) is 4.79. The van der Waals surface area contributed by atoms with Gasteiger partial charge in [0.05, 0.1) is 11.7 Å². The number of rotatable bonds is 2. The van der Waals surface area contributed by atoms with Crippen molar-refractivity contribution in [2.24, 2.45) is 0 Å². The summed E-state index contributed by atoms with van der Waals surface area (Å²) in [6.45, 7) is 2.07. The normalized spacial score (nSPS) is 11.0. The number of aryl methyl sites for hydroxylation is 1. The van der Waals surface area contributed by atoms with Gasteiger partial charge in [-0.1, -0.05) is 23.9 Å². The van der Waals surface area contributed by atoms with Gasteiger partial charge in [-0.25, -0.2) is 14.6 Å². The molecule has 5 heteroatoms. The highest BCUT2D eigenvalue weighted by molar-refractivity contribution is 7.98. The minimum atomic E-state index is 0.754. The van der Waals surface area contributed by atoms with Crippen molar-refractivity contribution < 1.29 is 0 Å². The van der Waals surface area contributed by atoms with Crippen molar-refractivity contribution in [2.75, 3.05) is 6.26 Å². The molecule has 0 spiro atoms. The van der Waals surface area contributed by atoms with Gasteiger partial charge >= 0.3 is 0 Å². The molecule has 2 aromatic heterocycles. The van der Waals surface area contributed by atoms with Crippen LogP contribution in [0.3, 0.4) is 0 Å². The van der Waals surface area contributed by atoms with E-state index in [1.165, 1.54) is 17.3 Å². The topological polar surface area (TPSA) is 43.6 Å². The van der Waals surface area contributed by atoms with E-state index in [1.54, 1.807) is 6.20 Å². The highest BCUT2D eigenvalue weighted by Crippen LogP contribution is 2.19. The van der Waals surface area contributed by atoms with Gasteiger partial charge < -0.3 is 0 Å². The van der Waals surface area contributed by atoms with E-state index in [0.717, 1.165) is 21.9 Å². The van der Waals surface area contributed by atoms with Crippen LogP contribution in [-0.2, 0) is 0 Å². The van der Waals surface area contributed by atoms with Crippen molar-refractivity contribution in [3.8, 4) is 5.82 Å². The number of fused-ring (bicyclic) bond motifs is 1. The summed E-state index contributed by atoms with van der Waals surface area (Å²) < 4.78 is 1.85. The van der Waals surface area contributed by atoms with Gasteiger partial charge in [0, 0.05) is 17.6 Å². The van der Waals surface area contributed by atoms with Crippen LogP contribution in [0.4, 0.5) is 0 Å². The Hall–Kier alpha value is -1.88. The van der Waals surface area contributed by atoms with Gasteiger partial charge in [0.2, 0.25) is 0 Å². The van der Waals surface area contributed by atoms with Crippen LogP contribution in [0.2, 0.25) is 0 Å². The molecule has 0 amide bonds. The predicted octanol–water partition coefficient (Wildman–Crippen LogP) is 2.85. The number of aromatic nitrogens is 4. The molecular weight excluding hydrogens is 244 g/mol.